The number of methoxy groups -OCH3 is 1. The first kappa shape index (κ1) is 15.2. The second-order valence-corrected chi connectivity index (χ2v) is 4.91. The van der Waals surface area contributed by atoms with Gasteiger partial charge in [-0.05, 0) is 41.7 Å². The first-order valence-electron chi connectivity index (χ1n) is 7.47. The molecule has 0 aromatic heterocycles. The van der Waals surface area contributed by atoms with Crippen molar-refractivity contribution in [3.05, 3.63) is 77.0 Å². The van der Waals surface area contributed by atoms with Crippen molar-refractivity contribution in [2.45, 2.75) is 26.7 Å². The van der Waals surface area contributed by atoms with Gasteiger partial charge in [0, 0.05) is 5.57 Å². The van der Waals surface area contributed by atoms with Crippen LogP contribution in [0, 0.1) is 0 Å². The molecule has 108 valence electrons. The molecule has 2 aromatic carbocycles. The van der Waals surface area contributed by atoms with Crippen LogP contribution in [0.25, 0.3) is 5.57 Å². The van der Waals surface area contributed by atoms with Crippen molar-refractivity contribution in [2.24, 2.45) is 0 Å². The number of ether oxygens (including phenoxy) is 1. The van der Waals surface area contributed by atoms with E-state index in [9.17, 15) is 0 Å². The van der Waals surface area contributed by atoms with E-state index in [0.29, 0.717) is 0 Å². The van der Waals surface area contributed by atoms with Crippen LogP contribution >= 0.6 is 0 Å². The molecule has 1 heteroatoms. The van der Waals surface area contributed by atoms with Gasteiger partial charge < -0.3 is 4.74 Å². The molecule has 0 fully saturated rings. The van der Waals surface area contributed by atoms with Gasteiger partial charge in [-0.25, -0.2) is 0 Å². The molecule has 2 rings (SSSR count). The lowest BCUT2D eigenvalue weighted by molar-refractivity contribution is 0.415. The Labute approximate surface area is 127 Å². The van der Waals surface area contributed by atoms with Gasteiger partial charge in [0.25, 0.3) is 0 Å². The van der Waals surface area contributed by atoms with E-state index >= 15 is 0 Å². The molecule has 0 bridgehead atoms. The average Bonchev–Trinajstić information content (AvgIpc) is 2.57. The van der Waals surface area contributed by atoms with E-state index in [0.717, 1.165) is 24.2 Å². The fourth-order valence-corrected chi connectivity index (χ4v) is 2.28. The summed E-state index contributed by atoms with van der Waals surface area (Å²) >= 11 is 0. The quantitative estimate of drug-likeness (QED) is 0.659. The topological polar surface area (TPSA) is 9.23 Å². The van der Waals surface area contributed by atoms with Gasteiger partial charge in [0.2, 0.25) is 0 Å². The largest absolute Gasteiger partial charge is 0.497 e. The smallest absolute Gasteiger partial charge is 0.118 e. The van der Waals surface area contributed by atoms with Gasteiger partial charge in [-0.1, -0.05) is 56.3 Å². The maximum absolute atomic E-state index is 5.24. The van der Waals surface area contributed by atoms with E-state index in [1.54, 1.807) is 7.11 Å². The van der Waals surface area contributed by atoms with E-state index in [1.807, 2.05) is 18.2 Å². The van der Waals surface area contributed by atoms with Crippen LogP contribution in [0.2, 0.25) is 0 Å². The molecule has 0 unspecified atom stereocenters. The normalized spacial score (nSPS) is 9.86. The summed E-state index contributed by atoms with van der Waals surface area (Å²) in [6, 6.07) is 18.6. The fraction of sp³-hybridized carbons (Fsp3) is 0.250. The summed E-state index contributed by atoms with van der Waals surface area (Å²) in [6.07, 6.45) is 2.06. The van der Waals surface area contributed by atoms with Crippen LogP contribution < -0.4 is 4.74 Å². The summed E-state index contributed by atoms with van der Waals surface area (Å²) in [4.78, 5) is 0. The van der Waals surface area contributed by atoms with E-state index in [1.165, 1.54) is 16.7 Å². The summed E-state index contributed by atoms with van der Waals surface area (Å²) in [5.41, 5.74) is 8.47. The SMILES string of the molecule is CCC(=C=C(c1ccccc1)c1ccc(OC)cc1)CC. The zero-order valence-corrected chi connectivity index (χ0v) is 13.0. The number of rotatable bonds is 5. The van der Waals surface area contributed by atoms with Crippen molar-refractivity contribution >= 4 is 5.57 Å². The van der Waals surface area contributed by atoms with Gasteiger partial charge in [0.15, 0.2) is 0 Å². The molecular weight excluding hydrogens is 256 g/mol. The van der Waals surface area contributed by atoms with Gasteiger partial charge in [-0.3, -0.25) is 0 Å². The third kappa shape index (κ3) is 3.87. The van der Waals surface area contributed by atoms with E-state index < -0.39 is 0 Å². The monoisotopic (exact) mass is 278 g/mol. The van der Waals surface area contributed by atoms with Gasteiger partial charge in [-0.15, -0.1) is 5.73 Å². The highest BCUT2D eigenvalue weighted by atomic mass is 16.5. The maximum Gasteiger partial charge on any atom is 0.118 e. The number of hydrogen-bond acceptors (Lipinski definition) is 1. The van der Waals surface area contributed by atoms with Gasteiger partial charge in [0.05, 0.1) is 7.11 Å². The van der Waals surface area contributed by atoms with Gasteiger partial charge in [-0.2, -0.15) is 0 Å². The van der Waals surface area contributed by atoms with Crippen LogP contribution in [0.15, 0.2) is 65.9 Å². The molecule has 0 aliphatic rings. The molecule has 1 nitrogen and oxygen atoms in total. The van der Waals surface area contributed by atoms with E-state index in [4.69, 9.17) is 4.74 Å². The molecule has 0 spiro atoms. The molecule has 0 aliphatic heterocycles. The molecule has 0 atom stereocenters. The molecule has 0 saturated heterocycles. The van der Waals surface area contributed by atoms with Gasteiger partial charge >= 0.3 is 0 Å². The Kier molecular flexibility index (Phi) is 5.43. The van der Waals surface area contributed by atoms with Crippen LogP contribution in [-0.4, -0.2) is 7.11 Å². The Bertz CT molecular complexity index is 623. The number of hydrogen-bond donors (Lipinski definition) is 0. The lowest BCUT2D eigenvalue weighted by Gasteiger charge is -2.08. The van der Waals surface area contributed by atoms with Crippen LogP contribution in [-0.2, 0) is 0 Å². The van der Waals surface area contributed by atoms with Crippen molar-refractivity contribution in [1.29, 1.82) is 0 Å². The van der Waals surface area contributed by atoms with Crippen LogP contribution in [0.4, 0.5) is 0 Å². The summed E-state index contributed by atoms with van der Waals surface area (Å²) in [5.74, 6) is 0.876. The third-order valence-electron chi connectivity index (χ3n) is 3.60. The zero-order chi connectivity index (χ0) is 15.1. The highest BCUT2D eigenvalue weighted by Gasteiger charge is 2.05. The predicted molar refractivity (Wildman–Crippen MR) is 89.6 cm³/mol. The predicted octanol–water partition coefficient (Wildman–Crippen LogP) is 5.47. The number of benzene rings is 2. The molecular formula is C20H22O. The van der Waals surface area contributed by atoms with Crippen molar-refractivity contribution in [1.82, 2.24) is 0 Å². The van der Waals surface area contributed by atoms with Crippen molar-refractivity contribution < 1.29 is 4.74 Å². The molecule has 0 amide bonds. The lowest BCUT2D eigenvalue weighted by Crippen LogP contribution is -1.89. The van der Waals surface area contributed by atoms with Crippen molar-refractivity contribution in [2.75, 3.05) is 7.11 Å². The van der Waals surface area contributed by atoms with Crippen molar-refractivity contribution in [3.8, 4) is 5.75 Å². The first-order chi connectivity index (χ1) is 10.3. The van der Waals surface area contributed by atoms with Crippen LogP contribution in [0.1, 0.15) is 37.8 Å². The zero-order valence-electron chi connectivity index (χ0n) is 13.0. The van der Waals surface area contributed by atoms with Crippen molar-refractivity contribution in [3.63, 3.8) is 0 Å². The second kappa shape index (κ2) is 7.52. The Balaban J connectivity index is 2.58. The lowest BCUT2D eigenvalue weighted by atomic mass is 9.97. The summed E-state index contributed by atoms with van der Waals surface area (Å²) in [6.45, 7) is 4.37. The minimum absolute atomic E-state index is 0.876. The molecule has 2 aromatic rings. The second-order valence-electron chi connectivity index (χ2n) is 4.91. The molecule has 0 aliphatic carbocycles. The molecule has 0 heterocycles. The highest BCUT2D eigenvalue weighted by Crippen LogP contribution is 2.25. The molecule has 21 heavy (non-hydrogen) atoms. The summed E-state index contributed by atoms with van der Waals surface area (Å²) < 4.78 is 5.24. The minimum atomic E-state index is 0.876. The minimum Gasteiger partial charge on any atom is -0.497 e. The van der Waals surface area contributed by atoms with Crippen LogP contribution in [0.5, 0.6) is 5.75 Å². The third-order valence-corrected chi connectivity index (χ3v) is 3.60. The molecule has 0 saturated carbocycles. The summed E-state index contributed by atoms with van der Waals surface area (Å²) in [7, 11) is 1.69. The Hall–Kier alpha value is -2.24. The standard InChI is InChI=1S/C20H22O/c1-4-16(5-2)15-20(17-9-7-6-8-10-17)18-11-13-19(21-3)14-12-18/h6-14H,4-5H2,1-3H3. The van der Waals surface area contributed by atoms with Crippen LogP contribution in [0.3, 0.4) is 0 Å². The first-order valence-corrected chi connectivity index (χ1v) is 7.47. The molecule has 0 radical (unpaired) electrons. The fourth-order valence-electron chi connectivity index (χ4n) is 2.28. The molecule has 0 N–H and O–H groups in total. The summed E-state index contributed by atoms with van der Waals surface area (Å²) in [5, 5.41) is 0. The number of allylic oxidation sites excluding steroid dienone is 1. The highest BCUT2D eigenvalue weighted by molar-refractivity contribution is 5.79. The Morgan fingerprint density at radius 1 is 0.857 bits per heavy atom. The van der Waals surface area contributed by atoms with E-state index in [2.05, 4.69) is 56.0 Å². The maximum atomic E-state index is 5.24. The average molecular weight is 278 g/mol. The Morgan fingerprint density at radius 3 is 1.95 bits per heavy atom. The van der Waals surface area contributed by atoms with E-state index in [-0.39, 0.29) is 0 Å². The Morgan fingerprint density at radius 2 is 1.43 bits per heavy atom. The van der Waals surface area contributed by atoms with Gasteiger partial charge in [0.1, 0.15) is 5.75 Å².